The summed E-state index contributed by atoms with van der Waals surface area (Å²) in [7, 11) is 1.70. The van der Waals surface area contributed by atoms with Gasteiger partial charge in [-0.15, -0.1) is 0 Å². The van der Waals surface area contributed by atoms with Crippen molar-refractivity contribution in [2.24, 2.45) is 5.92 Å². The number of carboxylic acid groups (broad SMARTS) is 1. The van der Waals surface area contributed by atoms with Crippen LogP contribution in [0.15, 0.2) is 0 Å². The van der Waals surface area contributed by atoms with Crippen LogP contribution in [0.3, 0.4) is 0 Å². The fraction of sp³-hybridized carbons (Fsp3) is 0.923. The molecule has 0 bridgehead atoms. The molecule has 4 nitrogen and oxygen atoms in total. The number of thioether (sulfide) groups is 1. The molecule has 2 rings (SSSR count). The van der Waals surface area contributed by atoms with Crippen LogP contribution in [0.25, 0.3) is 0 Å². The van der Waals surface area contributed by atoms with Gasteiger partial charge in [-0.1, -0.05) is 0 Å². The third-order valence-corrected chi connectivity index (χ3v) is 4.90. The quantitative estimate of drug-likeness (QED) is 0.594. The number of methoxy groups -OCH3 is 1. The second-order valence-electron chi connectivity index (χ2n) is 5.37. The van der Waals surface area contributed by atoms with Crippen LogP contribution in [-0.4, -0.2) is 47.9 Å². The Morgan fingerprint density at radius 1 is 1.44 bits per heavy atom. The van der Waals surface area contributed by atoms with Crippen LogP contribution in [0.2, 0.25) is 0 Å². The Morgan fingerprint density at radius 3 is 2.67 bits per heavy atom. The van der Waals surface area contributed by atoms with Crippen molar-refractivity contribution in [1.29, 1.82) is 0 Å². The Balaban J connectivity index is 1.84. The Labute approximate surface area is 113 Å². The van der Waals surface area contributed by atoms with Gasteiger partial charge in [0.05, 0.1) is 0 Å². The maximum absolute atomic E-state index is 11.7. The summed E-state index contributed by atoms with van der Waals surface area (Å²) in [5.74, 6) is 1.34. The first-order chi connectivity index (χ1) is 8.69. The van der Waals surface area contributed by atoms with Gasteiger partial charge in [-0.25, -0.2) is 0 Å². The highest BCUT2D eigenvalue weighted by Crippen LogP contribution is 2.43. The van der Waals surface area contributed by atoms with Gasteiger partial charge in [-0.2, -0.15) is 11.8 Å². The SMILES string of the molecule is COCCCSCC(NC1CC1)(C(=O)O)C1CC1. The molecule has 0 saturated heterocycles. The Morgan fingerprint density at radius 2 is 2.17 bits per heavy atom. The smallest absolute Gasteiger partial charge is 0.325 e. The molecule has 104 valence electrons. The molecule has 0 radical (unpaired) electrons. The van der Waals surface area contributed by atoms with Crippen molar-refractivity contribution in [3.05, 3.63) is 0 Å². The van der Waals surface area contributed by atoms with E-state index in [0.717, 1.165) is 44.5 Å². The predicted octanol–water partition coefficient (Wildman–Crippen LogP) is 1.74. The Bertz CT molecular complexity index is 292. The summed E-state index contributed by atoms with van der Waals surface area (Å²) in [4.78, 5) is 11.7. The molecule has 1 atom stereocenters. The number of carboxylic acids is 1. The van der Waals surface area contributed by atoms with E-state index in [0.29, 0.717) is 17.7 Å². The topological polar surface area (TPSA) is 58.6 Å². The number of rotatable bonds is 10. The van der Waals surface area contributed by atoms with E-state index >= 15 is 0 Å². The van der Waals surface area contributed by atoms with Gasteiger partial charge in [0.15, 0.2) is 0 Å². The first-order valence-corrected chi connectivity index (χ1v) is 7.92. The van der Waals surface area contributed by atoms with Crippen LogP contribution >= 0.6 is 11.8 Å². The molecule has 2 aliphatic carbocycles. The van der Waals surface area contributed by atoms with E-state index in [1.165, 1.54) is 0 Å². The lowest BCUT2D eigenvalue weighted by Crippen LogP contribution is -2.57. The molecule has 0 amide bonds. The van der Waals surface area contributed by atoms with E-state index in [1.54, 1.807) is 18.9 Å². The monoisotopic (exact) mass is 273 g/mol. The van der Waals surface area contributed by atoms with Gasteiger partial charge in [0.1, 0.15) is 5.54 Å². The number of hydrogen-bond acceptors (Lipinski definition) is 4. The molecule has 2 saturated carbocycles. The molecule has 0 spiro atoms. The van der Waals surface area contributed by atoms with E-state index in [9.17, 15) is 9.90 Å². The molecule has 5 heteroatoms. The number of nitrogens with one attached hydrogen (secondary N) is 1. The van der Waals surface area contributed by atoms with Crippen LogP contribution in [0.5, 0.6) is 0 Å². The highest BCUT2D eigenvalue weighted by atomic mass is 32.2. The Kier molecular flexibility index (Phi) is 4.92. The van der Waals surface area contributed by atoms with Gasteiger partial charge in [-0.3, -0.25) is 10.1 Å². The molecule has 2 N–H and O–H groups in total. The zero-order valence-electron chi connectivity index (χ0n) is 11.0. The van der Waals surface area contributed by atoms with E-state index in [-0.39, 0.29) is 0 Å². The maximum atomic E-state index is 11.7. The number of hydrogen-bond donors (Lipinski definition) is 2. The molecule has 0 aromatic heterocycles. The lowest BCUT2D eigenvalue weighted by molar-refractivity contribution is -0.145. The Hall–Kier alpha value is -0.260. The number of ether oxygens (including phenoxy) is 1. The summed E-state index contributed by atoms with van der Waals surface area (Å²) in [5, 5.41) is 13.0. The van der Waals surface area contributed by atoms with E-state index in [4.69, 9.17) is 4.74 Å². The van der Waals surface area contributed by atoms with Gasteiger partial charge in [0, 0.05) is 25.5 Å². The van der Waals surface area contributed by atoms with Crippen LogP contribution in [0.4, 0.5) is 0 Å². The minimum absolute atomic E-state index is 0.338. The summed E-state index contributed by atoms with van der Waals surface area (Å²) < 4.78 is 5.01. The number of carbonyl (C=O) groups is 1. The first-order valence-electron chi connectivity index (χ1n) is 6.77. The highest BCUT2D eigenvalue weighted by molar-refractivity contribution is 7.99. The molecule has 0 aromatic rings. The van der Waals surface area contributed by atoms with Gasteiger partial charge in [0.25, 0.3) is 0 Å². The van der Waals surface area contributed by atoms with Crippen molar-refractivity contribution in [2.75, 3.05) is 25.2 Å². The van der Waals surface area contributed by atoms with Crippen molar-refractivity contribution in [3.63, 3.8) is 0 Å². The third kappa shape index (κ3) is 3.62. The normalized spacial score (nSPS) is 22.7. The molecular formula is C13H23NO3S. The average Bonchev–Trinajstić information content (AvgIpc) is 3.19. The lowest BCUT2D eigenvalue weighted by Gasteiger charge is -2.30. The van der Waals surface area contributed by atoms with Gasteiger partial charge in [-0.05, 0) is 43.8 Å². The second kappa shape index (κ2) is 6.26. The van der Waals surface area contributed by atoms with E-state index in [2.05, 4.69) is 5.32 Å². The standard InChI is InChI=1S/C13H23NO3S/c1-17-7-2-8-18-9-13(12(15)16,10-3-4-10)14-11-5-6-11/h10-11,14H,2-9H2,1H3,(H,15,16). The largest absolute Gasteiger partial charge is 0.480 e. The number of aliphatic carboxylic acids is 1. The fourth-order valence-corrected chi connectivity index (χ4v) is 3.51. The van der Waals surface area contributed by atoms with Crippen LogP contribution in [0.1, 0.15) is 32.1 Å². The predicted molar refractivity (Wildman–Crippen MR) is 73.1 cm³/mol. The van der Waals surface area contributed by atoms with Crippen LogP contribution in [0, 0.1) is 5.92 Å². The van der Waals surface area contributed by atoms with Gasteiger partial charge < -0.3 is 9.84 Å². The van der Waals surface area contributed by atoms with Crippen molar-refractivity contribution in [1.82, 2.24) is 5.32 Å². The average molecular weight is 273 g/mol. The third-order valence-electron chi connectivity index (χ3n) is 3.66. The highest BCUT2D eigenvalue weighted by Gasteiger charge is 2.52. The molecule has 1 unspecified atom stereocenters. The maximum Gasteiger partial charge on any atom is 0.325 e. The van der Waals surface area contributed by atoms with Gasteiger partial charge in [0.2, 0.25) is 0 Å². The summed E-state index contributed by atoms with van der Waals surface area (Å²) in [6.45, 7) is 0.757. The van der Waals surface area contributed by atoms with Crippen molar-refractivity contribution in [2.45, 2.75) is 43.7 Å². The molecule has 0 aliphatic heterocycles. The molecule has 2 aliphatic rings. The minimum atomic E-state index is -0.668. The first kappa shape index (κ1) is 14.2. The fourth-order valence-electron chi connectivity index (χ4n) is 2.28. The molecular weight excluding hydrogens is 250 g/mol. The van der Waals surface area contributed by atoms with Crippen LogP contribution < -0.4 is 5.32 Å². The van der Waals surface area contributed by atoms with E-state index in [1.807, 2.05) is 0 Å². The summed E-state index contributed by atoms with van der Waals surface area (Å²) in [6.07, 6.45) is 5.38. The molecule has 2 fully saturated rings. The lowest BCUT2D eigenvalue weighted by atomic mass is 9.95. The van der Waals surface area contributed by atoms with Crippen molar-refractivity contribution < 1.29 is 14.6 Å². The minimum Gasteiger partial charge on any atom is -0.480 e. The summed E-state index contributed by atoms with van der Waals surface area (Å²) in [5.41, 5.74) is -0.668. The molecule has 0 aromatic carbocycles. The molecule has 0 heterocycles. The second-order valence-corrected chi connectivity index (χ2v) is 6.47. The van der Waals surface area contributed by atoms with Crippen molar-refractivity contribution in [3.8, 4) is 0 Å². The van der Waals surface area contributed by atoms with Gasteiger partial charge >= 0.3 is 5.97 Å². The summed E-state index contributed by atoms with van der Waals surface area (Å²) in [6, 6.07) is 0.446. The zero-order valence-corrected chi connectivity index (χ0v) is 11.8. The van der Waals surface area contributed by atoms with Crippen LogP contribution in [-0.2, 0) is 9.53 Å². The van der Waals surface area contributed by atoms with E-state index < -0.39 is 11.5 Å². The summed E-state index contributed by atoms with van der Waals surface area (Å²) >= 11 is 1.74. The zero-order chi connectivity index (χ0) is 13.0. The molecule has 18 heavy (non-hydrogen) atoms. The van der Waals surface area contributed by atoms with Crippen molar-refractivity contribution >= 4 is 17.7 Å².